The molecule has 1 fully saturated rings. The summed E-state index contributed by atoms with van der Waals surface area (Å²) >= 11 is 5.18. The quantitative estimate of drug-likeness (QED) is 0.650. The molecule has 3 N–H and O–H groups in total. The molecule has 0 saturated carbocycles. The van der Waals surface area contributed by atoms with Gasteiger partial charge in [-0.2, -0.15) is 0 Å². The highest BCUT2D eigenvalue weighted by Gasteiger charge is 2.25. The lowest BCUT2D eigenvalue weighted by atomic mass is 10.1. The van der Waals surface area contributed by atoms with Crippen LogP contribution in [0.15, 0.2) is 0 Å². The summed E-state index contributed by atoms with van der Waals surface area (Å²) in [6.45, 7) is 11.3. The van der Waals surface area contributed by atoms with Gasteiger partial charge in [0.1, 0.15) is 0 Å². The van der Waals surface area contributed by atoms with E-state index in [0.717, 1.165) is 45.6 Å². The molecule has 1 heterocycles. The van der Waals surface area contributed by atoms with E-state index in [-0.39, 0.29) is 11.9 Å². The van der Waals surface area contributed by atoms with Gasteiger partial charge < -0.3 is 11.1 Å². The minimum Gasteiger partial charge on any atom is -0.392 e. The van der Waals surface area contributed by atoms with E-state index in [1.165, 1.54) is 0 Å². The highest BCUT2D eigenvalue weighted by atomic mass is 32.1. The fourth-order valence-electron chi connectivity index (χ4n) is 2.59. The summed E-state index contributed by atoms with van der Waals surface area (Å²) in [5.74, 6) is 0.614. The number of nitrogens with two attached hydrogens (primary N) is 1. The van der Waals surface area contributed by atoms with Crippen molar-refractivity contribution >= 4 is 23.1 Å². The van der Waals surface area contributed by atoms with E-state index in [1.807, 2.05) is 0 Å². The Hall–Kier alpha value is -0.720. The Morgan fingerprint density at radius 2 is 1.90 bits per heavy atom. The van der Waals surface area contributed by atoms with Crippen LogP contribution in [0, 0.1) is 5.92 Å². The van der Waals surface area contributed by atoms with Crippen LogP contribution in [0.1, 0.15) is 33.6 Å². The average Bonchev–Trinajstić information content (AvgIpc) is 2.43. The van der Waals surface area contributed by atoms with Crippen molar-refractivity contribution in [2.45, 2.75) is 39.7 Å². The number of amides is 1. The molecule has 6 heteroatoms. The first-order valence-corrected chi connectivity index (χ1v) is 8.37. The van der Waals surface area contributed by atoms with Crippen molar-refractivity contribution in [2.24, 2.45) is 11.7 Å². The first-order valence-electron chi connectivity index (χ1n) is 7.96. The zero-order chi connectivity index (χ0) is 15.8. The molecular formula is C15H30N4OS. The van der Waals surface area contributed by atoms with Gasteiger partial charge in [0.15, 0.2) is 0 Å². The Morgan fingerprint density at radius 3 is 2.38 bits per heavy atom. The summed E-state index contributed by atoms with van der Waals surface area (Å²) in [5, 5.41) is 2.97. The molecule has 0 aromatic carbocycles. The van der Waals surface area contributed by atoms with Crippen molar-refractivity contribution in [3.63, 3.8) is 0 Å². The van der Waals surface area contributed by atoms with Crippen LogP contribution in [0.2, 0.25) is 0 Å². The predicted molar refractivity (Wildman–Crippen MR) is 91.3 cm³/mol. The smallest absolute Gasteiger partial charge is 0.234 e. The van der Waals surface area contributed by atoms with Gasteiger partial charge in [-0.15, -0.1) is 0 Å². The average molecular weight is 314 g/mol. The number of hydrogen-bond donors (Lipinski definition) is 2. The molecule has 0 bridgehead atoms. The summed E-state index contributed by atoms with van der Waals surface area (Å²) in [5.41, 5.74) is 5.85. The number of thiocarbonyl (C=S) groups is 1. The third-order valence-corrected chi connectivity index (χ3v) is 4.08. The molecule has 1 rings (SSSR count). The highest BCUT2D eigenvalue weighted by molar-refractivity contribution is 7.80. The van der Waals surface area contributed by atoms with Crippen molar-refractivity contribution in [3.05, 3.63) is 0 Å². The van der Waals surface area contributed by atoms with Crippen LogP contribution < -0.4 is 11.1 Å². The van der Waals surface area contributed by atoms with Gasteiger partial charge in [-0.1, -0.05) is 39.4 Å². The Kier molecular flexibility index (Phi) is 8.14. The molecule has 21 heavy (non-hydrogen) atoms. The number of carbonyl (C=O) groups excluding carboxylic acids is 1. The molecule has 5 nitrogen and oxygen atoms in total. The number of rotatable bonds is 8. The van der Waals surface area contributed by atoms with Crippen molar-refractivity contribution < 1.29 is 4.79 Å². The number of nitrogens with one attached hydrogen (secondary N) is 1. The predicted octanol–water partition coefficient (Wildman–Crippen LogP) is 0.831. The highest BCUT2D eigenvalue weighted by Crippen LogP contribution is 2.11. The first-order chi connectivity index (χ1) is 9.93. The molecular weight excluding hydrogens is 284 g/mol. The van der Waals surface area contributed by atoms with Crippen LogP contribution in [0.5, 0.6) is 0 Å². The summed E-state index contributed by atoms with van der Waals surface area (Å²) in [7, 11) is 0. The maximum Gasteiger partial charge on any atom is 0.234 e. The van der Waals surface area contributed by atoms with Gasteiger partial charge in [-0.3, -0.25) is 14.6 Å². The molecule has 0 aromatic heterocycles. The Balaban J connectivity index is 2.34. The lowest BCUT2D eigenvalue weighted by Crippen LogP contribution is -2.55. The van der Waals surface area contributed by atoms with Crippen molar-refractivity contribution in [2.75, 3.05) is 39.3 Å². The molecule has 1 saturated heterocycles. The van der Waals surface area contributed by atoms with E-state index in [2.05, 4.69) is 35.9 Å². The maximum atomic E-state index is 11.8. The van der Waals surface area contributed by atoms with E-state index < -0.39 is 0 Å². The second kappa shape index (κ2) is 9.33. The second-order valence-electron chi connectivity index (χ2n) is 6.22. The number of nitrogens with zero attached hydrogens (tertiary/aromatic N) is 2. The van der Waals surface area contributed by atoms with Crippen LogP contribution in [-0.2, 0) is 4.79 Å². The molecule has 1 atom stereocenters. The van der Waals surface area contributed by atoms with E-state index in [1.54, 1.807) is 0 Å². The van der Waals surface area contributed by atoms with Gasteiger partial charge in [-0.05, 0) is 12.3 Å². The van der Waals surface area contributed by atoms with E-state index >= 15 is 0 Å². The number of piperazine rings is 1. The van der Waals surface area contributed by atoms with Crippen LogP contribution in [-0.4, -0.2) is 66.0 Å². The third kappa shape index (κ3) is 6.72. The summed E-state index contributed by atoms with van der Waals surface area (Å²) in [6.07, 6.45) is 2.10. The summed E-state index contributed by atoms with van der Waals surface area (Å²) in [6, 6.07) is 0.210. The molecule has 1 aliphatic rings. The third-order valence-electron chi connectivity index (χ3n) is 3.81. The van der Waals surface area contributed by atoms with Crippen LogP contribution in [0.25, 0.3) is 0 Å². The molecule has 0 spiro atoms. The van der Waals surface area contributed by atoms with Gasteiger partial charge in [-0.25, -0.2) is 0 Å². The van der Waals surface area contributed by atoms with Crippen molar-refractivity contribution in [3.8, 4) is 0 Å². The molecule has 0 radical (unpaired) electrons. The normalized spacial score (nSPS) is 18.7. The fourth-order valence-corrected chi connectivity index (χ4v) is 2.86. The molecule has 0 aromatic rings. The molecule has 1 unspecified atom stereocenters. The monoisotopic (exact) mass is 314 g/mol. The largest absolute Gasteiger partial charge is 0.392 e. The van der Waals surface area contributed by atoms with Gasteiger partial charge in [0, 0.05) is 32.7 Å². The lowest BCUT2D eigenvalue weighted by Gasteiger charge is -2.38. The fraction of sp³-hybridized carbons (Fsp3) is 0.867. The lowest BCUT2D eigenvalue weighted by molar-refractivity contribution is -0.122. The molecule has 0 aliphatic carbocycles. The summed E-state index contributed by atoms with van der Waals surface area (Å²) in [4.78, 5) is 17.0. The zero-order valence-electron chi connectivity index (χ0n) is 13.6. The van der Waals surface area contributed by atoms with Crippen LogP contribution in [0.3, 0.4) is 0 Å². The summed E-state index contributed by atoms with van der Waals surface area (Å²) < 4.78 is 0. The molecule has 122 valence electrons. The van der Waals surface area contributed by atoms with Crippen LogP contribution in [0.4, 0.5) is 0 Å². The minimum absolute atomic E-state index is 0.122. The number of carbonyl (C=O) groups is 1. The topological polar surface area (TPSA) is 61.6 Å². The number of hydrogen-bond acceptors (Lipinski definition) is 4. The molecule has 1 aliphatic heterocycles. The SMILES string of the molecule is CCCC(C(N)=S)N1CCN(CC(=O)NCC(C)C)CC1. The van der Waals surface area contributed by atoms with Gasteiger partial charge in [0.25, 0.3) is 0 Å². The van der Waals surface area contributed by atoms with Crippen molar-refractivity contribution in [1.82, 2.24) is 15.1 Å². The van der Waals surface area contributed by atoms with Gasteiger partial charge >= 0.3 is 0 Å². The maximum absolute atomic E-state index is 11.8. The van der Waals surface area contributed by atoms with Gasteiger partial charge in [0.2, 0.25) is 5.91 Å². The van der Waals surface area contributed by atoms with E-state index in [4.69, 9.17) is 18.0 Å². The molecule has 1 amide bonds. The second-order valence-corrected chi connectivity index (χ2v) is 6.69. The van der Waals surface area contributed by atoms with E-state index in [0.29, 0.717) is 17.5 Å². The van der Waals surface area contributed by atoms with E-state index in [9.17, 15) is 4.79 Å². The Morgan fingerprint density at radius 1 is 1.29 bits per heavy atom. The Bertz CT molecular complexity index is 341. The minimum atomic E-state index is 0.122. The van der Waals surface area contributed by atoms with Crippen molar-refractivity contribution in [1.29, 1.82) is 0 Å². The standard InChI is InChI=1S/C15H30N4OS/c1-4-5-13(15(16)21)19-8-6-18(7-9-19)11-14(20)17-10-12(2)3/h12-13H,4-11H2,1-3H3,(H2,16,21)(H,17,20). The van der Waals surface area contributed by atoms with Crippen LogP contribution >= 0.6 is 12.2 Å². The Labute approximate surface area is 134 Å². The zero-order valence-corrected chi connectivity index (χ0v) is 14.4. The first kappa shape index (κ1) is 18.3. The van der Waals surface area contributed by atoms with Gasteiger partial charge in [0.05, 0.1) is 17.6 Å².